The highest BCUT2D eigenvalue weighted by molar-refractivity contribution is 6.31. The normalized spacial score (nSPS) is 14.7. The standard InChI is InChI=1S/C19H20ClFN8O/c1-27-5-7-29(8-6-27)19(30)28(2)18-22-10-15-16(26-18)17(24-11-23-15)25-12-3-4-14(21)13(20)9-12/h3-4,9-11H,5-8H2,1-2H3,(H,23,24,25). The molecule has 0 spiro atoms. The van der Waals surface area contributed by atoms with Crippen LogP contribution in [0.5, 0.6) is 0 Å². The van der Waals surface area contributed by atoms with Crippen LogP contribution in [0, 0.1) is 5.82 Å². The molecule has 11 heteroatoms. The molecule has 0 aliphatic carbocycles. The topological polar surface area (TPSA) is 90.4 Å². The fourth-order valence-electron chi connectivity index (χ4n) is 3.10. The number of amides is 2. The van der Waals surface area contributed by atoms with Gasteiger partial charge in [0.1, 0.15) is 23.2 Å². The molecule has 2 amide bonds. The second-order valence-electron chi connectivity index (χ2n) is 7.01. The van der Waals surface area contributed by atoms with Crippen LogP contribution in [0.25, 0.3) is 11.0 Å². The number of carbonyl (C=O) groups is 1. The van der Waals surface area contributed by atoms with E-state index in [0.29, 0.717) is 35.6 Å². The molecule has 9 nitrogen and oxygen atoms in total. The highest BCUT2D eigenvalue weighted by Crippen LogP contribution is 2.25. The molecule has 30 heavy (non-hydrogen) atoms. The number of anilines is 3. The van der Waals surface area contributed by atoms with E-state index in [0.717, 1.165) is 13.1 Å². The van der Waals surface area contributed by atoms with Crippen LogP contribution in [0.2, 0.25) is 5.02 Å². The van der Waals surface area contributed by atoms with Gasteiger partial charge in [0.05, 0.1) is 11.2 Å². The van der Waals surface area contributed by atoms with Crippen molar-refractivity contribution in [3.63, 3.8) is 0 Å². The van der Waals surface area contributed by atoms with Crippen LogP contribution in [0.4, 0.5) is 26.6 Å². The van der Waals surface area contributed by atoms with Gasteiger partial charge in [-0.05, 0) is 25.2 Å². The number of benzene rings is 1. The van der Waals surface area contributed by atoms with E-state index in [4.69, 9.17) is 11.6 Å². The molecule has 1 fully saturated rings. The molecule has 4 rings (SSSR count). The predicted molar refractivity (Wildman–Crippen MR) is 113 cm³/mol. The molecular weight excluding hydrogens is 411 g/mol. The Hall–Kier alpha value is -3.11. The number of urea groups is 1. The number of likely N-dealkylation sites (N-methyl/N-ethyl adjacent to an activating group) is 1. The monoisotopic (exact) mass is 430 g/mol. The Balaban J connectivity index is 1.62. The van der Waals surface area contributed by atoms with Crippen LogP contribution in [0.15, 0.2) is 30.7 Å². The third-order valence-corrected chi connectivity index (χ3v) is 5.20. The average Bonchev–Trinajstić information content (AvgIpc) is 2.76. The molecule has 0 unspecified atom stereocenters. The summed E-state index contributed by atoms with van der Waals surface area (Å²) in [7, 11) is 3.67. The van der Waals surface area contributed by atoms with Crippen molar-refractivity contribution in [1.29, 1.82) is 0 Å². The van der Waals surface area contributed by atoms with Gasteiger partial charge in [-0.25, -0.2) is 29.1 Å². The molecule has 1 aliphatic heterocycles. The Morgan fingerprint density at radius 3 is 2.70 bits per heavy atom. The van der Waals surface area contributed by atoms with Crippen LogP contribution in [0.1, 0.15) is 0 Å². The van der Waals surface area contributed by atoms with Gasteiger partial charge < -0.3 is 15.1 Å². The van der Waals surface area contributed by atoms with E-state index in [1.807, 2.05) is 7.05 Å². The summed E-state index contributed by atoms with van der Waals surface area (Å²) in [6.07, 6.45) is 2.91. The number of nitrogens with zero attached hydrogens (tertiary/aromatic N) is 7. The van der Waals surface area contributed by atoms with Crippen molar-refractivity contribution in [2.45, 2.75) is 0 Å². The van der Waals surface area contributed by atoms with Crippen molar-refractivity contribution in [2.75, 3.05) is 50.5 Å². The maximum absolute atomic E-state index is 13.4. The van der Waals surface area contributed by atoms with Gasteiger partial charge in [0.2, 0.25) is 5.95 Å². The summed E-state index contributed by atoms with van der Waals surface area (Å²) in [5, 5.41) is 3.06. The second-order valence-corrected chi connectivity index (χ2v) is 7.42. The van der Waals surface area contributed by atoms with Gasteiger partial charge in [0.25, 0.3) is 0 Å². The molecule has 0 atom stereocenters. The van der Waals surface area contributed by atoms with Crippen LogP contribution in [-0.4, -0.2) is 76.0 Å². The molecule has 3 aromatic rings. The molecule has 1 aliphatic rings. The van der Waals surface area contributed by atoms with Crippen molar-refractivity contribution in [3.8, 4) is 0 Å². The minimum Gasteiger partial charge on any atom is -0.338 e. The van der Waals surface area contributed by atoms with Crippen molar-refractivity contribution in [3.05, 3.63) is 41.6 Å². The third-order valence-electron chi connectivity index (χ3n) is 4.91. The summed E-state index contributed by atoms with van der Waals surface area (Å²) in [5.74, 6) is 0.122. The first-order valence-electron chi connectivity index (χ1n) is 9.33. The number of aromatic nitrogens is 4. The summed E-state index contributed by atoms with van der Waals surface area (Å²) >= 11 is 5.86. The summed E-state index contributed by atoms with van der Waals surface area (Å²) in [4.78, 5) is 35.4. The molecule has 1 saturated heterocycles. The van der Waals surface area contributed by atoms with Crippen LogP contribution in [-0.2, 0) is 0 Å². The number of rotatable bonds is 3. The SMILES string of the molecule is CN1CCN(C(=O)N(C)c2ncc3ncnc(Nc4ccc(F)c(Cl)c4)c3n2)CC1. The number of piperazine rings is 1. The number of hydrogen-bond acceptors (Lipinski definition) is 7. The van der Waals surface area contributed by atoms with E-state index in [9.17, 15) is 9.18 Å². The lowest BCUT2D eigenvalue weighted by atomic mass is 10.3. The highest BCUT2D eigenvalue weighted by atomic mass is 35.5. The minimum absolute atomic E-state index is 0.00816. The first-order valence-corrected chi connectivity index (χ1v) is 9.71. The van der Waals surface area contributed by atoms with Gasteiger partial charge in [-0.15, -0.1) is 0 Å². The number of fused-ring (bicyclic) bond motifs is 1. The van der Waals surface area contributed by atoms with Crippen LogP contribution >= 0.6 is 11.6 Å². The Bertz CT molecular complexity index is 1090. The quantitative estimate of drug-likeness (QED) is 0.683. The van der Waals surface area contributed by atoms with Crippen LogP contribution < -0.4 is 10.2 Å². The zero-order valence-corrected chi connectivity index (χ0v) is 17.3. The van der Waals surface area contributed by atoms with Gasteiger partial charge in [-0.3, -0.25) is 4.90 Å². The molecule has 0 saturated carbocycles. The molecule has 1 aromatic carbocycles. The largest absolute Gasteiger partial charge is 0.338 e. The molecule has 0 radical (unpaired) electrons. The fraction of sp³-hybridized carbons (Fsp3) is 0.316. The van der Waals surface area contributed by atoms with E-state index < -0.39 is 5.82 Å². The lowest BCUT2D eigenvalue weighted by Crippen LogP contribution is -2.51. The first kappa shape index (κ1) is 20.2. The van der Waals surface area contributed by atoms with Gasteiger partial charge in [0, 0.05) is 38.9 Å². The van der Waals surface area contributed by atoms with Gasteiger partial charge in [-0.2, -0.15) is 0 Å². The Morgan fingerprint density at radius 1 is 1.20 bits per heavy atom. The number of halogens is 2. The minimum atomic E-state index is -0.511. The molecule has 3 heterocycles. The smallest absolute Gasteiger partial charge is 0.326 e. The maximum Gasteiger partial charge on any atom is 0.326 e. The summed E-state index contributed by atoms with van der Waals surface area (Å²) in [6.45, 7) is 2.93. The molecule has 0 bridgehead atoms. The second kappa shape index (κ2) is 8.33. The third kappa shape index (κ3) is 4.10. The predicted octanol–water partition coefficient (Wildman–Crippen LogP) is 2.76. The summed E-state index contributed by atoms with van der Waals surface area (Å²) < 4.78 is 13.4. The molecule has 156 valence electrons. The molecule has 2 aromatic heterocycles. The first-order chi connectivity index (χ1) is 14.4. The lowest BCUT2D eigenvalue weighted by molar-refractivity contribution is 0.160. The zero-order chi connectivity index (χ0) is 21.3. The Labute approximate surface area is 177 Å². The van der Waals surface area contributed by atoms with E-state index in [2.05, 4.69) is 30.2 Å². The zero-order valence-electron chi connectivity index (χ0n) is 16.5. The van der Waals surface area contributed by atoms with Crippen LogP contribution in [0.3, 0.4) is 0 Å². The number of nitrogens with one attached hydrogen (secondary N) is 1. The van der Waals surface area contributed by atoms with E-state index in [-0.39, 0.29) is 17.0 Å². The van der Waals surface area contributed by atoms with Gasteiger partial charge in [-0.1, -0.05) is 11.6 Å². The van der Waals surface area contributed by atoms with E-state index in [1.165, 1.54) is 29.6 Å². The van der Waals surface area contributed by atoms with Crippen molar-refractivity contribution < 1.29 is 9.18 Å². The number of hydrogen-bond donors (Lipinski definition) is 1. The fourth-order valence-corrected chi connectivity index (χ4v) is 3.28. The number of carbonyl (C=O) groups excluding carboxylic acids is 1. The summed E-state index contributed by atoms with van der Waals surface area (Å²) in [5.41, 5.74) is 1.48. The van der Waals surface area contributed by atoms with Crippen molar-refractivity contribution in [1.82, 2.24) is 29.7 Å². The van der Waals surface area contributed by atoms with Crippen molar-refractivity contribution >= 4 is 46.1 Å². The Kier molecular flexibility index (Phi) is 5.60. The summed E-state index contributed by atoms with van der Waals surface area (Å²) in [6, 6.07) is 4.09. The highest BCUT2D eigenvalue weighted by Gasteiger charge is 2.24. The lowest BCUT2D eigenvalue weighted by Gasteiger charge is -2.34. The average molecular weight is 431 g/mol. The Morgan fingerprint density at radius 2 is 1.97 bits per heavy atom. The van der Waals surface area contributed by atoms with Crippen molar-refractivity contribution in [2.24, 2.45) is 0 Å². The van der Waals surface area contributed by atoms with Gasteiger partial charge >= 0.3 is 6.03 Å². The van der Waals surface area contributed by atoms with E-state index >= 15 is 0 Å². The molecule has 1 N–H and O–H groups in total. The maximum atomic E-state index is 13.4. The van der Waals surface area contributed by atoms with Gasteiger partial charge in [0.15, 0.2) is 5.82 Å². The van der Waals surface area contributed by atoms with E-state index in [1.54, 1.807) is 18.0 Å². The molecular formula is C19H20ClFN8O.